The second kappa shape index (κ2) is 5.66. The van der Waals surface area contributed by atoms with E-state index in [1.807, 2.05) is 12.1 Å². The molecule has 2 aromatic carbocycles. The van der Waals surface area contributed by atoms with Gasteiger partial charge >= 0.3 is 0 Å². The van der Waals surface area contributed by atoms with Crippen molar-refractivity contribution in [3.8, 4) is 0 Å². The lowest BCUT2D eigenvalue weighted by Crippen LogP contribution is -2.50. The Morgan fingerprint density at radius 1 is 1.17 bits per heavy atom. The van der Waals surface area contributed by atoms with Crippen LogP contribution < -0.4 is 0 Å². The maximum atomic E-state index is 6.11. The van der Waals surface area contributed by atoms with E-state index in [4.69, 9.17) is 21.3 Å². The van der Waals surface area contributed by atoms with Crippen LogP contribution in [0.3, 0.4) is 0 Å². The number of hydrogen-bond acceptors (Lipinski definition) is 3. The first-order chi connectivity index (χ1) is 11.3. The SMILES string of the molecule is COCC1(c2ccc(Cl)cc2)c2ccccc2C2=NCCCN21. The highest BCUT2D eigenvalue weighted by atomic mass is 35.5. The lowest BCUT2D eigenvalue weighted by Gasteiger charge is -2.41. The summed E-state index contributed by atoms with van der Waals surface area (Å²) in [5.41, 5.74) is 3.36. The third-order valence-electron chi connectivity index (χ3n) is 4.81. The molecule has 0 N–H and O–H groups in total. The molecule has 0 saturated heterocycles. The number of methoxy groups -OCH3 is 1. The molecule has 1 unspecified atom stereocenters. The fourth-order valence-electron chi connectivity index (χ4n) is 3.88. The predicted octanol–water partition coefficient (Wildman–Crippen LogP) is 3.70. The minimum Gasteiger partial charge on any atom is -0.382 e. The normalized spacial score (nSPS) is 22.5. The summed E-state index contributed by atoms with van der Waals surface area (Å²) >= 11 is 6.11. The van der Waals surface area contributed by atoms with E-state index in [-0.39, 0.29) is 5.54 Å². The Morgan fingerprint density at radius 3 is 2.74 bits per heavy atom. The van der Waals surface area contributed by atoms with Gasteiger partial charge in [0.25, 0.3) is 0 Å². The molecule has 0 aromatic heterocycles. The van der Waals surface area contributed by atoms with Crippen molar-refractivity contribution in [3.63, 3.8) is 0 Å². The molecule has 2 aliphatic rings. The Balaban J connectivity index is 1.99. The first-order valence-corrected chi connectivity index (χ1v) is 8.32. The molecule has 0 fully saturated rings. The van der Waals surface area contributed by atoms with Gasteiger partial charge in [-0.15, -0.1) is 0 Å². The zero-order valence-corrected chi connectivity index (χ0v) is 13.9. The quantitative estimate of drug-likeness (QED) is 0.859. The second-order valence-corrected chi connectivity index (χ2v) is 6.49. The van der Waals surface area contributed by atoms with Gasteiger partial charge in [-0.2, -0.15) is 0 Å². The lowest BCUT2D eigenvalue weighted by atomic mass is 9.83. The molecule has 0 radical (unpaired) electrons. The zero-order valence-electron chi connectivity index (χ0n) is 13.1. The summed E-state index contributed by atoms with van der Waals surface area (Å²) in [6.07, 6.45) is 1.07. The maximum Gasteiger partial charge on any atom is 0.132 e. The van der Waals surface area contributed by atoms with Crippen molar-refractivity contribution in [1.82, 2.24) is 4.90 Å². The van der Waals surface area contributed by atoms with E-state index in [2.05, 4.69) is 41.3 Å². The minimum atomic E-state index is -0.324. The van der Waals surface area contributed by atoms with Gasteiger partial charge in [0.05, 0.1) is 6.61 Å². The van der Waals surface area contributed by atoms with Crippen LogP contribution in [-0.2, 0) is 10.3 Å². The molecule has 118 valence electrons. The number of rotatable bonds is 3. The number of benzene rings is 2. The molecule has 2 aliphatic heterocycles. The summed E-state index contributed by atoms with van der Waals surface area (Å²) in [4.78, 5) is 7.22. The van der Waals surface area contributed by atoms with Crippen LogP contribution in [0.1, 0.15) is 23.1 Å². The van der Waals surface area contributed by atoms with Crippen LogP contribution in [-0.4, -0.2) is 37.5 Å². The van der Waals surface area contributed by atoms with E-state index in [0.717, 1.165) is 30.4 Å². The molecular weight excluding hydrogens is 308 g/mol. The maximum absolute atomic E-state index is 6.11. The zero-order chi connectivity index (χ0) is 15.9. The molecule has 0 aliphatic carbocycles. The summed E-state index contributed by atoms with van der Waals surface area (Å²) in [6.45, 7) is 2.47. The van der Waals surface area contributed by atoms with Crippen molar-refractivity contribution in [2.45, 2.75) is 12.0 Å². The summed E-state index contributed by atoms with van der Waals surface area (Å²) < 4.78 is 5.69. The molecule has 2 heterocycles. The van der Waals surface area contributed by atoms with Crippen LogP contribution in [0.5, 0.6) is 0 Å². The first-order valence-electron chi connectivity index (χ1n) is 7.94. The lowest BCUT2D eigenvalue weighted by molar-refractivity contribution is 0.0801. The minimum absolute atomic E-state index is 0.324. The van der Waals surface area contributed by atoms with Gasteiger partial charge in [-0.3, -0.25) is 4.99 Å². The van der Waals surface area contributed by atoms with Crippen molar-refractivity contribution >= 4 is 17.4 Å². The second-order valence-electron chi connectivity index (χ2n) is 6.06. The van der Waals surface area contributed by atoms with Crippen molar-refractivity contribution in [3.05, 3.63) is 70.2 Å². The Labute approximate surface area is 141 Å². The van der Waals surface area contributed by atoms with Crippen LogP contribution in [0.2, 0.25) is 5.02 Å². The van der Waals surface area contributed by atoms with E-state index in [0.29, 0.717) is 6.61 Å². The molecule has 4 heteroatoms. The average molecular weight is 327 g/mol. The van der Waals surface area contributed by atoms with Gasteiger partial charge in [0.15, 0.2) is 0 Å². The number of nitrogens with zero attached hydrogens (tertiary/aromatic N) is 2. The molecule has 0 saturated carbocycles. The van der Waals surface area contributed by atoms with E-state index in [9.17, 15) is 0 Å². The van der Waals surface area contributed by atoms with Gasteiger partial charge in [-0.25, -0.2) is 0 Å². The average Bonchev–Trinajstić information content (AvgIpc) is 2.88. The largest absolute Gasteiger partial charge is 0.382 e. The molecule has 23 heavy (non-hydrogen) atoms. The van der Waals surface area contributed by atoms with Crippen molar-refractivity contribution in [2.75, 3.05) is 26.8 Å². The molecule has 1 atom stereocenters. The monoisotopic (exact) mass is 326 g/mol. The third-order valence-corrected chi connectivity index (χ3v) is 5.06. The highest BCUT2D eigenvalue weighted by Gasteiger charge is 2.49. The van der Waals surface area contributed by atoms with E-state index < -0.39 is 0 Å². The first kappa shape index (κ1) is 14.7. The van der Waals surface area contributed by atoms with Crippen LogP contribution >= 0.6 is 11.6 Å². The van der Waals surface area contributed by atoms with Crippen molar-refractivity contribution in [2.24, 2.45) is 4.99 Å². The molecular formula is C19H19ClN2O. The molecule has 2 aromatic rings. The predicted molar refractivity (Wildman–Crippen MR) is 93.3 cm³/mol. The standard InChI is InChI=1S/C19H19ClN2O/c1-23-13-19(14-7-9-15(20)10-8-14)17-6-3-2-5-16(17)18-21-11-4-12-22(18)19/h2-3,5-10H,4,11-13H2,1H3. The fraction of sp³-hybridized carbons (Fsp3) is 0.316. The van der Waals surface area contributed by atoms with E-state index in [1.54, 1.807) is 7.11 Å². The Hall–Kier alpha value is -1.84. The summed E-state index contributed by atoms with van der Waals surface area (Å²) in [6, 6.07) is 16.7. The Bertz CT molecular complexity index is 756. The van der Waals surface area contributed by atoms with Crippen molar-refractivity contribution in [1.29, 1.82) is 0 Å². The summed E-state index contributed by atoms with van der Waals surface area (Å²) in [7, 11) is 1.76. The van der Waals surface area contributed by atoms with Crippen LogP contribution in [0, 0.1) is 0 Å². The molecule has 3 nitrogen and oxygen atoms in total. The number of halogens is 1. The van der Waals surface area contributed by atoms with Gasteiger partial charge in [-0.05, 0) is 29.7 Å². The molecule has 4 rings (SSSR count). The molecule has 0 spiro atoms. The number of amidine groups is 1. The summed E-state index contributed by atoms with van der Waals surface area (Å²) in [5.74, 6) is 1.10. The van der Waals surface area contributed by atoms with Gasteiger partial charge in [0.2, 0.25) is 0 Å². The van der Waals surface area contributed by atoms with Gasteiger partial charge in [0, 0.05) is 30.8 Å². The highest BCUT2D eigenvalue weighted by Crippen LogP contribution is 2.45. The Morgan fingerprint density at radius 2 is 1.96 bits per heavy atom. The Kier molecular flexibility index (Phi) is 3.63. The van der Waals surface area contributed by atoms with Gasteiger partial charge < -0.3 is 9.64 Å². The van der Waals surface area contributed by atoms with Crippen LogP contribution in [0.4, 0.5) is 0 Å². The highest BCUT2D eigenvalue weighted by molar-refractivity contribution is 6.30. The van der Waals surface area contributed by atoms with Gasteiger partial charge in [0.1, 0.15) is 11.4 Å². The number of fused-ring (bicyclic) bond motifs is 3. The fourth-order valence-corrected chi connectivity index (χ4v) is 4.00. The summed E-state index contributed by atoms with van der Waals surface area (Å²) in [5, 5.41) is 0.750. The number of hydrogen-bond donors (Lipinski definition) is 0. The molecule has 0 bridgehead atoms. The topological polar surface area (TPSA) is 24.8 Å². The van der Waals surface area contributed by atoms with Gasteiger partial charge in [-0.1, -0.05) is 48.0 Å². The molecule has 0 amide bonds. The smallest absolute Gasteiger partial charge is 0.132 e. The number of ether oxygens (including phenoxy) is 1. The van der Waals surface area contributed by atoms with Crippen LogP contribution in [0.15, 0.2) is 53.5 Å². The number of aliphatic imine (C=N–C) groups is 1. The van der Waals surface area contributed by atoms with Crippen molar-refractivity contribution < 1.29 is 4.74 Å². The van der Waals surface area contributed by atoms with E-state index >= 15 is 0 Å². The third kappa shape index (κ3) is 2.11. The van der Waals surface area contributed by atoms with E-state index in [1.165, 1.54) is 16.7 Å². The van der Waals surface area contributed by atoms with Crippen LogP contribution in [0.25, 0.3) is 0 Å².